The highest BCUT2D eigenvalue weighted by Gasteiger charge is 2.17. The fourth-order valence-corrected chi connectivity index (χ4v) is 2.88. The Morgan fingerprint density at radius 3 is 2.94 bits per heavy atom. The highest BCUT2D eigenvalue weighted by molar-refractivity contribution is 7.11. The molecule has 1 N–H and O–H groups in total. The summed E-state index contributed by atoms with van der Waals surface area (Å²) < 4.78 is 0. The molecule has 2 rings (SSSR count). The molecule has 0 aromatic carbocycles. The molecule has 4 heteroatoms. The summed E-state index contributed by atoms with van der Waals surface area (Å²) in [5.41, 5.74) is 0. The number of terminal acetylenes is 1. The van der Waals surface area contributed by atoms with Gasteiger partial charge in [-0.05, 0) is 19.8 Å². The second kappa shape index (κ2) is 6.15. The topological polar surface area (TPSA) is 28.2 Å². The van der Waals surface area contributed by atoms with Gasteiger partial charge >= 0.3 is 0 Å². The van der Waals surface area contributed by atoms with Gasteiger partial charge in [0, 0.05) is 36.8 Å². The fourth-order valence-electron chi connectivity index (χ4n) is 2.14. The summed E-state index contributed by atoms with van der Waals surface area (Å²) in [6, 6.07) is 0.619. The van der Waals surface area contributed by atoms with E-state index < -0.39 is 0 Å². The number of hydrogen-bond donors (Lipinski definition) is 1. The van der Waals surface area contributed by atoms with Crippen LogP contribution in [0, 0.1) is 19.3 Å². The molecule has 17 heavy (non-hydrogen) atoms. The second-order valence-corrected chi connectivity index (χ2v) is 5.82. The molecule has 3 nitrogen and oxygen atoms in total. The van der Waals surface area contributed by atoms with Gasteiger partial charge in [0.1, 0.15) is 5.01 Å². The average Bonchev–Trinajstić information content (AvgIpc) is 2.75. The van der Waals surface area contributed by atoms with Crippen LogP contribution < -0.4 is 5.32 Å². The van der Waals surface area contributed by atoms with E-state index >= 15 is 0 Å². The molecule has 2 heterocycles. The predicted molar refractivity (Wildman–Crippen MR) is 72.0 cm³/mol. The molecule has 0 unspecified atom stereocenters. The van der Waals surface area contributed by atoms with E-state index in [1.54, 1.807) is 11.3 Å². The van der Waals surface area contributed by atoms with Crippen LogP contribution in [0.3, 0.4) is 0 Å². The Kier molecular flexibility index (Phi) is 4.55. The lowest BCUT2D eigenvalue weighted by molar-refractivity contribution is 0.217. The van der Waals surface area contributed by atoms with Gasteiger partial charge in [0.05, 0.1) is 6.54 Å². The summed E-state index contributed by atoms with van der Waals surface area (Å²) in [7, 11) is 0. The number of nitrogens with one attached hydrogen (secondary N) is 1. The Balaban J connectivity index is 1.70. The fraction of sp³-hybridized carbons (Fsp3) is 0.615. The third-order valence-corrected chi connectivity index (χ3v) is 4.03. The summed E-state index contributed by atoms with van der Waals surface area (Å²) in [6.07, 6.45) is 9.63. The standard InChI is InChI=1S/C13H19N3S/c1-3-6-16-7-4-12(5-8-16)14-10-13-15-9-11(2)17-13/h1,9,12,14H,4-8,10H2,2H3. The summed E-state index contributed by atoms with van der Waals surface area (Å²) in [6.45, 7) is 6.01. The third kappa shape index (κ3) is 3.81. The molecule has 1 saturated heterocycles. The number of aromatic nitrogens is 1. The van der Waals surface area contributed by atoms with Crippen LogP contribution in [0.15, 0.2) is 6.20 Å². The summed E-state index contributed by atoms with van der Waals surface area (Å²) in [5.74, 6) is 2.71. The first-order chi connectivity index (χ1) is 8.28. The Bertz CT molecular complexity index is 386. The first kappa shape index (κ1) is 12.6. The van der Waals surface area contributed by atoms with Gasteiger partial charge < -0.3 is 5.32 Å². The quantitative estimate of drug-likeness (QED) is 0.822. The van der Waals surface area contributed by atoms with Crippen molar-refractivity contribution in [2.24, 2.45) is 0 Å². The van der Waals surface area contributed by atoms with Gasteiger partial charge in [-0.2, -0.15) is 0 Å². The first-order valence-electron chi connectivity index (χ1n) is 6.08. The lowest BCUT2D eigenvalue weighted by Crippen LogP contribution is -2.42. The van der Waals surface area contributed by atoms with Crippen LogP contribution in [-0.2, 0) is 6.54 Å². The zero-order valence-electron chi connectivity index (χ0n) is 10.3. The second-order valence-electron chi connectivity index (χ2n) is 4.50. The highest BCUT2D eigenvalue weighted by atomic mass is 32.1. The molecule has 1 aromatic heterocycles. The van der Waals surface area contributed by atoms with Crippen molar-refractivity contribution in [2.75, 3.05) is 19.6 Å². The molecule has 0 amide bonds. The van der Waals surface area contributed by atoms with E-state index in [1.807, 2.05) is 6.20 Å². The Labute approximate surface area is 107 Å². The monoisotopic (exact) mass is 249 g/mol. The van der Waals surface area contributed by atoms with Crippen LogP contribution in [0.25, 0.3) is 0 Å². The zero-order chi connectivity index (χ0) is 12.1. The summed E-state index contributed by atoms with van der Waals surface area (Å²) in [5, 5.41) is 4.77. The molecule has 1 aliphatic rings. The lowest BCUT2D eigenvalue weighted by Gasteiger charge is -2.30. The van der Waals surface area contributed by atoms with Gasteiger partial charge in [0.25, 0.3) is 0 Å². The van der Waals surface area contributed by atoms with Crippen LogP contribution in [0.5, 0.6) is 0 Å². The first-order valence-corrected chi connectivity index (χ1v) is 6.90. The Morgan fingerprint density at radius 1 is 1.59 bits per heavy atom. The molecule has 1 fully saturated rings. The molecule has 0 atom stereocenters. The third-order valence-electron chi connectivity index (χ3n) is 3.11. The molecular formula is C13H19N3S. The smallest absolute Gasteiger partial charge is 0.107 e. The van der Waals surface area contributed by atoms with Gasteiger partial charge in [-0.3, -0.25) is 4.90 Å². The largest absolute Gasteiger partial charge is 0.308 e. The van der Waals surface area contributed by atoms with E-state index in [9.17, 15) is 0 Å². The minimum atomic E-state index is 0.619. The number of piperidine rings is 1. The maximum Gasteiger partial charge on any atom is 0.107 e. The molecule has 1 aliphatic heterocycles. The van der Waals surface area contributed by atoms with Crippen LogP contribution in [0.4, 0.5) is 0 Å². The summed E-state index contributed by atoms with van der Waals surface area (Å²) in [4.78, 5) is 7.99. The molecule has 0 bridgehead atoms. The average molecular weight is 249 g/mol. The van der Waals surface area contributed by atoms with Crippen LogP contribution in [0.1, 0.15) is 22.7 Å². The van der Waals surface area contributed by atoms with E-state index in [0.717, 1.165) is 26.2 Å². The number of likely N-dealkylation sites (tertiary alicyclic amines) is 1. The van der Waals surface area contributed by atoms with Crippen LogP contribution >= 0.6 is 11.3 Å². The summed E-state index contributed by atoms with van der Waals surface area (Å²) >= 11 is 1.77. The van der Waals surface area contributed by atoms with Crippen molar-refractivity contribution >= 4 is 11.3 Å². The molecule has 0 spiro atoms. The maximum absolute atomic E-state index is 5.32. The van der Waals surface area contributed by atoms with E-state index in [1.165, 1.54) is 22.7 Å². The minimum Gasteiger partial charge on any atom is -0.308 e. The Hall–Kier alpha value is -0.890. The van der Waals surface area contributed by atoms with Crippen molar-refractivity contribution in [3.63, 3.8) is 0 Å². The van der Waals surface area contributed by atoms with Gasteiger partial charge in [-0.1, -0.05) is 5.92 Å². The normalized spacial score (nSPS) is 18.1. The van der Waals surface area contributed by atoms with Crippen LogP contribution in [-0.4, -0.2) is 35.6 Å². The number of nitrogens with zero attached hydrogens (tertiary/aromatic N) is 2. The van der Waals surface area contributed by atoms with Crippen molar-refractivity contribution in [2.45, 2.75) is 32.4 Å². The minimum absolute atomic E-state index is 0.619. The van der Waals surface area contributed by atoms with Crippen molar-refractivity contribution in [1.82, 2.24) is 15.2 Å². The molecular weight excluding hydrogens is 230 g/mol. The number of hydrogen-bond acceptors (Lipinski definition) is 4. The molecule has 0 aliphatic carbocycles. The van der Waals surface area contributed by atoms with Crippen molar-refractivity contribution in [3.8, 4) is 12.3 Å². The van der Waals surface area contributed by atoms with E-state index in [0.29, 0.717) is 6.04 Å². The van der Waals surface area contributed by atoms with E-state index in [2.05, 4.69) is 28.0 Å². The van der Waals surface area contributed by atoms with E-state index in [4.69, 9.17) is 6.42 Å². The van der Waals surface area contributed by atoms with Gasteiger partial charge in [-0.25, -0.2) is 4.98 Å². The van der Waals surface area contributed by atoms with Gasteiger partial charge in [0.2, 0.25) is 0 Å². The molecule has 92 valence electrons. The van der Waals surface area contributed by atoms with Crippen molar-refractivity contribution in [1.29, 1.82) is 0 Å². The maximum atomic E-state index is 5.32. The lowest BCUT2D eigenvalue weighted by atomic mass is 10.1. The van der Waals surface area contributed by atoms with E-state index in [-0.39, 0.29) is 0 Å². The number of thiazole rings is 1. The van der Waals surface area contributed by atoms with Crippen molar-refractivity contribution < 1.29 is 0 Å². The van der Waals surface area contributed by atoms with Gasteiger partial charge in [0.15, 0.2) is 0 Å². The van der Waals surface area contributed by atoms with Crippen molar-refractivity contribution in [3.05, 3.63) is 16.1 Å². The van der Waals surface area contributed by atoms with Crippen LogP contribution in [0.2, 0.25) is 0 Å². The predicted octanol–water partition coefficient (Wildman–Crippen LogP) is 1.64. The molecule has 0 radical (unpaired) electrons. The zero-order valence-corrected chi connectivity index (χ0v) is 11.1. The number of aryl methyl sites for hydroxylation is 1. The molecule has 1 aromatic rings. The molecule has 0 saturated carbocycles. The highest BCUT2D eigenvalue weighted by Crippen LogP contribution is 2.13. The SMILES string of the molecule is C#CCN1CCC(NCc2ncc(C)s2)CC1. The Morgan fingerprint density at radius 2 is 2.35 bits per heavy atom. The number of rotatable bonds is 4. The van der Waals surface area contributed by atoms with Gasteiger partial charge in [-0.15, -0.1) is 17.8 Å².